The summed E-state index contributed by atoms with van der Waals surface area (Å²) in [6.45, 7) is 0.630. The summed E-state index contributed by atoms with van der Waals surface area (Å²) in [5.74, 6) is -1.28. The van der Waals surface area contributed by atoms with Crippen molar-refractivity contribution in [3.63, 3.8) is 0 Å². The van der Waals surface area contributed by atoms with Gasteiger partial charge in [-0.05, 0) is 59.1 Å². The fourth-order valence-electron chi connectivity index (χ4n) is 3.35. The molecule has 0 saturated carbocycles. The first-order valence-electron chi connectivity index (χ1n) is 9.77. The van der Waals surface area contributed by atoms with Crippen molar-refractivity contribution in [1.29, 1.82) is 0 Å². The SMILES string of the molecule is O=C(O)C1CCCN(C(=O)c2cc(Sc3cnc(Nc4cccc(Br)n4)s3)ccc2O)C1. The summed E-state index contributed by atoms with van der Waals surface area (Å²) in [6.07, 6.45) is 2.91. The van der Waals surface area contributed by atoms with Crippen LogP contribution >= 0.6 is 39.0 Å². The number of rotatable bonds is 6. The summed E-state index contributed by atoms with van der Waals surface area (Å²) in [5.41, 5.74) is 0.169. The zero-order chi connectivity index (χ0) is 22.7. The Balaban J connectivity index is 1.46. The van der Waals surface area contributed by atoms with E-state index in [0.29, 0.717) is 30.3 Å². The van der Waals surface area contributed by atoms with Gasteiger partial charge in [0.2, 0.25) is 0 Å². The van der Waals surface area contributed by atoms with Crippen molar-refractivity contribution in [3.05, 3.63) is 52.8 Å². The van der Waals surface area contributed by atoms with Crippen LogP contribution in [0.3, 0.4) is 0 Å². The first kappa shape index (κ1) is 22.6. The summed E-state index contributed by atoms with van der Waals surface area (Å²) >= 11 is 6.20. The number of likely N-dealkylation sites (tertiary alicyclic amines) is 1. The summed E-state index contributed by atoms with van der Waals surface area (Å²) in [7, 11) is 0. The Morgan fingerprint density at radius 2 is 2.12 bits per heavy atom. The van der Waals surface area contributed by atoms with E-state index in [1.807, 2.05) is 18.2 Å². The predicted molar refractivity (Wildman–Crippen MR) is 126 cm³/mol. The molecule has 0 bridgehead atoms. The molecule has 11 heteroatoms. The highest BCUT2D eigenvalue weighted by Crippen LogP contribution is 2.37. The van der Waals surface area contributed by atoms with Crippen molar-refractivity contribution in [3.8, 4) is 5.75 Å². The molecule has 2 aromatic heterocycles. The molecule has 0 spiro atoms. The number of nitrogens with one attached hydrogen (secondary N) is 1. The maximum atomic E-state index is 13.0. The number of hydrogen-bond acceptors (Lipinski definition) is 8. The van der Waals surface area contributed by atoms with E-state index >= 15 is 0 Å². The van der Waals surface area contributed by atoms with Crippen molar-refractivity contribution < 1.29 is 19.8 Å². The zero-order valence-corrected chi connectivity index (χ0v) is 19.9. The number of aromatic hydroxyl groups is 1. The average Bonchev–Trinajstić information content (AvgIpc) is 3.21. The Labute approximate surface area is 200 Å². The molecule has 166 valence electrons. The van der Waals surface area contributed by atoms with Gasteiger partial charge in [0.05, 0.1) is 21.9 Å². The third-order valence-corrected chi connectivity index (χ3v) is 7.35. The van der Waals surface area contributed by atoms with Crippen LogP contribution in [0.4, 0.5) is 10.9 Å². The van der Waals surface area contributed by atoms with Crippen molar-refractivity contribution in [1.82, 2.24) is 14.9 Å². The molecule has 1 atom stereocenters. The number of benzene rings is 1. The number of carboxylic acid groups (broad SMARTS) is 1. The molecule has 1 fully saturated rings. The molecular weight excluding hydrogens is 516 g/mol. The third kappa shape index (κ3) is 5.40. The average molecular weight is 535 g/mol. The van der Waals surface area contributed by atoms with E-state index in [1.165, 1.54) is 34.1 Å². The first-order valence-corrected chi connectivity index (χ1v) is 12.2. The molecular formula is C21H19BrN4O4S2. The number of piperidine rings is 1. The lowest BCUT2D eigenvalue weighted by molar-refractivity contribution is -0.143. The normalized spacial score (nSPS) is 16.0. The molecule has 0 aliphatic carbocycles. The van der Waals surface area contributed by atoms with Crippen LogP contribution < -0.4 is 5.32 Å². The molecule has 3 N–H and O–H groups in total. The molecule has 1 amide bonds. The van der Waals surface area contributed by atoms with Gasteiger partial charge in [-0.15, -0.1) is 0 Å². The molecule has 32 heavy (non-hydrogen) atoms. The van der Waals surface area contributed by atoms with Crippen molar-refractivity contribution in [2.24, 2.45) is 5.92 Å². The van der Waals surface area contributed by atoms with E-state index in [4.69, 9.17) is 0 Å². The molecule has 1 unspecified atom stereocenters. The lowest BCUT2D eigenvalue weighted by Crippen LogP contribution is -2.42. The number of aromatic nitrogens is 2. The van der Waals surface area contributed by atoms with Crippen LogP contribution in [0.1, 0.15) is 23.2 Å². The number of aliphatic carboxylic acids is 1. The topological polar surface area (TPSA) is 116 Å². The van der Waals surface area contributed by atoms with Crippen LogP contribution in [0.15, 0.2) is 56.3 Å². The van der Waals surface area contributed by atoms with E-state index in [-0.39, 0.29) is 23.8 Å². The minimum absolute atomic E-state index is 0.121. The fraction of sp³-hybridized carbons (Fsp3) is 0.238. The first-order chi connectivity index (χ1) is 15.4. The molecule has 8 nitrogen and oxygen atoms in total. The van der Waals surface area contributed by atoms with Crippen LogP contribution in [-0.2, 0) is 4.79 Å². The van der Waals surface area contributed by atoms with Crippen LogP contribution in [0.5, 0.6) is 5.75 Å². The second-order valence-electron chi connectivity index (χ2n) is 7.16. The van der Waals surface area contributed by atoms with Gasteiger partial charge < -0.3 is 20.4 Å². The highest BCUT2D eigenvalue weighted by Gasteiger charge is 2.29. The predicted octanol–water partition coefficient (Wildman–Crippen LogP) is 4.84. The Bertz CT molecular complexity index is 1160. The number of anilines is 2. The third-order valence-electron chi connectivity index (χ3n) is 4.91. The smallest absolute Gasteiger partial charge is 0.308 e. The zero-order valence-electron chi connectivity index (χ0n) is 16.7. The van der Waals surface area contributed by atoms with Crippen LogP contribution in [0, 0.1) is 5.92 Å². The number of pyridine rings is 1. The summed E-state index contributed by atoms with van der Waals surface area (Å²) < 4.78 is 1.62. The quantitative estimate of drug-likeness (QED) is 0.384. The molecule has 0 radical (unpaired) electrons. The minimum atomic E-state index is -0.899. The van der Waals surface area contributed by atoms with E-state index in [2.05, 4.69) is 31.2 Å². The Hall–Kier alpha value is -2.63. The maximum absolute atomic E-state index is 13.0. The number of carboxylic acids is 1. The van der Waals surface area contributed by atoms with Gasteiger partial charge in [0.1, 0.15) is 16.2 Å². The number of nitrogens with zero attached hydrogens (tertiary/aromatic N) is 3. The molecule has 1 saturated heterocycles. The van der Waals surface area contributed by atoms with Gasteiger partial charge in [-0.3, -0.25) is 9.59 Å². The number of thiazole rings is 1. The standard InChI is InChI=1S/C21H19BrN4O4S2/c22-16-4-1-5-17(24-16)25-21-23-10-18(32-21)31-13-6-7-15(27)14(9-13)19(28)26-8-2-3-12(11-26)20(29)30/h1,4-7,9-10,12,27H,2-3,8,11H2,(H,29,30)(H,23,24,25). The molecule has 3 heterocycles. The summed E-state index contributed by atoms with van der Waals surface area (Å²) in [4.78, 5) is 35.2. The van der Waals surface area contributed by atoms with Gasteiger partial charge in [-0.25, -0.2) is 9.97 Å². The number of phenols is 1. The highest BCUT2D eigenvalue weighted by molar-refractivity contribution is 9.10. The summed E-state index contributed by atoms with van der Waals surface area (Å²) in [6, 6.07) is 10.4. The number of carbonyl (C=O) groups excluding carboxylic acids is 1. The number of phenolic OH excluding ortho intramolecular Hbond substituents is 1. The number of halogens is 1. The number of amides is 1. The number of carbonyl (C=O) groups is 2. The molecule has 4 rings (SSSR count). The van der Waals surface area contributed by atoms with Gasteiger partial charge in [-0.2, -0.15) is 0 Å². The number of hydrogen-bond donors (Lipinski definition) is 3. The van der Waals surface area contributed by atoms with E-state index in [9.17, 15) is 19.8 Å². The fourth-order valence-corrected chi connectivity index (χ4v) is 5.59. The Morgan fingerprint density at radius 3 is 2.91 bits per heavy atom. The summed E-state index contributed by atoms with van der Waals surface area (Å²) in [5, 5.41) is 23.4. The van der Waals surface area contributed by atoms with Gasteiger partial charge in [0.15, 0.2) is 5.13 Å². The van der Waals surface area contributed by atoms with Crippen LogP contribution in [0.25, 0.3) is 0 Å². The van der Waals surface area contributed by atoms with Crippen molar-refractivity contribution in [2.75, 3.05) is 18.4 Å². The second-order valence-corrected chi connectivity index (χ2v) is 10.4. The van der Waals surface area contributed by atoms with E-state index < -0.39 is 11.9 Å². The molecule has 1 aliphatic heterocycles. The monoisotopic (exact) mass is 534 g/mol. The Kier molecular flexibility index (Phi) is 6.97. The molecule has 1 aliphatic rings. The van der Waals surface area contributed by atoms with Crippen LogP contribution in [-0.4, -0.2) is 50.0 Å². The largest absolute Gasteiger partial charge is 0.507 e. The highest BCUT2D eigenvalue weighted by atomic mass is 79.9. The van der Waals surface area contributed by atoms with E-state index in [0.717, 1.165) is 13.7 Å². The van der Waals surface area contributed by atoms with Gasteiger partial charge in [0.25, 0.3) is 5.91 Å². The van der Waals surface area contributed by atoms with Crippen molar-refractivity contribution in [2.45, 2.75) is 21.9 Å². The van der Waals surface area contributed by atoms with E-state index in [1.54, 1.807) is 18.3 Å². The minimum Gasteiger partial charge on any atom is -0.507 e. The van der Waals surface area contributed by atoms with Gasteiger partial charge in [0, 0.05) is 18.0 Å². The Morgan fingerprint density at radius 1 is 1.28 bits per heavy atom. The van der Waals surface area contributed by atoms with Crippen molar-refractivity contribution >= 4 is 61.9 Å². The van der Waals surface area contributed by atoms with Crippen LogP contribution in [0.2, 0.25) is 0 Å². The lowest BCUT2D eigenvalue weighted by atomic mass is 9.97. The maximum Gasteiger partial charge on any atom is 0.308 e. The second kappa shape index (κ2) is 9.88. The lowest BCUT2D eigenvalue weighted by Gasteiger charge is -2.31. The molecule has 1 aromatic carbocycles. The van der Waals surface area contributed by atoms with Gasteiger partial charge in [-0.1, -0.05) is 29.2 Å². The molecule has 3 aromatic rings. The van der Waals surface area contributed by atoms with Gasteiger partial charge >= 0.3 is 5.97 Å².